The minimum absolute atomic E-state index is 0.826. The monoisotopic (exact) mass is 586 g/mol. The van der Waals surface area contributed by atoms with Crippen molar-refractivity contribution in [2.45, 2.75) is 0 Å². The summed E-state index contributed by atoms with van der Waals surface area (Å²) in [5.74, 6) is 0.826. The summed E-state index contributed by atoms with van der Waals surface area (Å²) in [4.78, 5) is 10.7. The second-order valence-electron chi connectivity index (χ2n) is 11.8. The topological polar surface area (TPSA) is 35.6 Å². The van der Waals surface area contributed by atoms with Crippen molar-refractivity contribution in [1.82, 2.24) is 19.1 Å². The van der Waals surface area contributed by atoms with Gasteiger partial charge >= 0.3 is 0 Å². The van der Waals surface area contributed by atoms with Crippen molar-refractivity contribution in [2.24, 2.45) is 0 Å². The van der Waals surface area contributed by atoms with E-state index in [1.54, 1.807) is 0 Å². The van der Waals surface area contributed by atoms with Gasteiger partial charge in [-0.05, 0) is 59.3 Å². The molecule has 4 heteroatoms. The van der Waals surface area contributed by atoms with Crippen LogP contribution in [0.25, 0.3) is 88.2 Å². The van der Waals surface area contributed by atoms with Gasteiger partial charge in [-0.2, -0.15) is 0 Å². The summed E-state index contributed by atoms with van der Waals surface area (Å²) in [6.07, 6.45) is 0. The van der Waals surface area contributed by atoms with Crippen LogP contribution in [0.2, 0.25) is 0 Å². The zero-order valence-electron chi connectivity index (χ0n) is 24.8. The molecule has 10 rings (SSSR count). The van der Waals surface area contributed by atoms with E-state index >= 15 is 0 Å². The Morgan fingerprint density at radius 2 is 0.913 bits per heavy atom. The van der Waals surface area contributed by atoms with E-state index in [2.05, 4.69) is 155 Å². The molecule has 0 saturated heterocycles. The van der Waals surface area contributed by atoms with Crippen molar-refractivity contribution in [3.05, 3.63) is 158 Å². The Labute approximate surface area is 264 Å². The van der Waals surface area contributed by atoms with Crippen LogP contribution < -0.4 is 0 Å². The second-order valence-corrected chi connectivity index (χ2v) is 11.8. The smallest absolute Gasteiger partial charge is 0.165 e. The molecule has 3 aromatic heterocycles. The molecule has 0 fully saturated rings. The predicted molar refractivity (Wildman–Crippen MR) is 191 cm³/mol. The van der Waals surface area contributed by atoms with Crippen LogP contribution >= 0.6 is 0 Å². The standard InChI is InChI=1S/C42H26N4/c1-2-15-28(16-3-1)45-37-23-10-6-18-30(37)33-26-40-34(25-39(33)45)31-19-7-11-24-38(31)46(40)42-41(43-35-21-8-9-22-36(35)44-42)32-20-12-14-27-13-4-5-17-29(27)32/h1-26H. The van der Waals surface area contributed by atoms with Gasteiger partial charge in [-0.25, -0.2) is 9.97 Å². The van der Waals surface area contributed by atoms with Crippen LogP contribution in [0.4, 0.5) is 0 Å². The highest BCUT2D eigenvalue weighted by molar-refractivity contribution is 6.19. The number of para-hydroxylation sites is 5. The number of rotatable bonds is 3. The Balaban J connectivity index is 1.38. The van der Waals surface area contributed by atoms with Gasteiger partial charge in [-0.15, -0.1) is 0 Å². The van der Waals surface area contributed by atoms with Gasteiger partial charge in [0.05, 0.1) is 33.1 Å². The number of nitrogens with zero attached hydrogens (tertiary/aromatic N) is 4. The molecular formula is C42H26N4. The predicted octanol–water partition coefficient (Wildman–Crippen LogP) is 10.6. The van der Waals surface area contributed by atoms with Crippen molar-refractivity contribution in [3.8, 4) is 22.8 Å². The van der Waals surface area contributed by atoms with Gasteiger partial charge < -0.3 is 4.57 Å². The molecular weight excluding hydrogens is 560 g/mol. The SMILES string of the molecule is c1ccc(-n2c3ccccc3c3cc4c(cc32)c2ccccc2n4-c2nc3ccccc3nc2-c2cccc3ccccc23)cc1. The van der Waals surface area contributed by atoms with Crippen molar-refractivity contribution in [3.63, 3.8) is 0 Å². The molecule has 0 amide bonds. The molecule has 0 aliphatic carbocycles. The molecule has 214 valence electrons. The Morgan fingerprint density at radius 1 is 0.370 bits per heavy atom. The molecule has 0 bridgehead atoms. The number of fused-ring (bicyclic) bond motifs is 8. The number of hydrogen-bond acceptors (Lipinski definition) is 2. The first-order chi connectivity index (χ1) is 22.8. The van der Waals surface area contributed by atoms with Gasteiger partial charge in [0, 0.05) is 32.8 Å². The molecule has 0 aliphatic rings. The normalized spacial score (nSPS) is 11.9. The highest BCUT2D eigenvalue weighted by Gasteiger charge is 2.22. The highest BCUT2D eigenvalue weighted by atomic mass is 15.1. The van der Waals surface area contributed by atoms with E-state index in [0.29, 0.717) is 0 Å². The zero-order valence-corrected chi connectivity index (χ0v) is 24.8. The number of benzene rings is 7. The fraction of sp³-hybridized carbons (Fsp3) is 0. The van der Waals surface area contributed by atoms with Crippen LogP contribution in [0.15, 0.2) is 158 Å². The average Bonchev–Trinajstić information content (AvgIpc) is 3.62. The Morgan fingerprint density at radius 3 is 1.65 bits per heavy atom. The quantitative estimate of drug-likeness (QED) is 0.206. The van der Waals surface area contributed by atoms with Crippen LogP contribution in [0.1, 0.15) is 0 Å². The lowest BCUT2D eigenvalue weighted by molar-refractivity contribution is 1.08. The van der Waals surface area contributed by atoms with Crippen molar-refractivity contribution in [2.75, 3.05) is 0 Å². The minimum Gasteiger partial charge on any atom is -0.309 e. The third-order valence-electron chi connectivity index (χ3n) is 9.29. The third kappa shape index (κ3) is 3.55. The van der Waals surface area contributed by atoms with E-state index < -0.39 is 0 Å². The van der Waals surface area contributed by atoms with E-state index in [9.17, 15) is 0 Å². The molecule has 0 atom stereocenters. The molecule has 0 aliphatic heterocycles. The Hall–Kier alpha value is -6.26. The van der Waals surface area contributed by atoms with E-state index in [-0.39, 0.29) is 0 Å². The lowest BCUT2D eigenvalue weighted by Crippen LogP contribution is -2.04. The Bertz CT molecular complexity index is 2800. The van der Waals surface area contributed by atoms with Gasteiger partial charge in [0.1, 0.15) is 5.69 Å². The van der Waals surface area contributed by atoms with Gasteiger partial charge in [-0.1, -0.05) is 109 Å². The maximum atomic E-state index is 5.39. The van der Waals surface area contributed by atoms with Crippen LogP contribution in [0.5, 0.6) is 0 Å². The number of hydrogen-bond donors (Lipinski definition) is 0. The molecule has 0 N–H and O–H groups in total. The summed E-state index contributed by atoms with van der Waals surface area (Å²) < 4.78 is 4.71. The lowest BCUT2D eigenvalue weighted by atomic mass is 10.0. The molecule has 0 spiro atoms. The maximum Gasteiger partial charge on any atom is 0.165 e. The minimum atomic E-state index is 0.826. The van der Waals surface area contributed by atoms with Crippen LogP contribution in [0, 0.1) is 0 Å². The molecule has 4 nitrogen and oxygen atoms in total. The maximum absolute atomic E-state index is 5.39. The van der Waals surface area contributed by atoms with E-state index in [1.165, 1.54) is 38.0 Å². The highest BCUT2D eigenvalue weighted by Crippen LogP contribution is 2.41. The summed E-state index contributed by atoms with van der Waals surface area (Å²) in [5.41, 5.74) is 9.41. The molecule has 0 saturated carbocycles. The van der Waals surface area contributed by atoms with Gasteiger partial charge in [0.2, 0.25) is 0 Å². The van der Waals surface area contributed by atoms with Crippen molar-refractivity contribution >= 4 is 65.4 Å². The number of aromatic nitrogens is 4. The summed E-state index contributed by atoms with van der Waals surface area (Å²) in [7, 11) is 0. The largest absolute Gasteiger partial charge is 0.309 e. The average molecular weight is 587 g/mol. The van der Waals surface area contributed by atoms with E-state index in [4.69, 9.17) is 9.97 Å². The molecule has 0 radical (unpaired) electrons. The zero-order chi connectivity index (χ0) is 30.2. The van der Waals surface area contributed by atoms with Crippen molar-refractivity contribution < 1.29 is 0 Å². The van der Waals surface area contributed by atoms with E-state index in [1.807, 2.05) is 12.1 Å². The van der Waals surface area contributed by atoms with Crippen LogP contribution in [-0.2, 0) is 0 Å². The summed E-state index contributed by atoms with van der Waals surface area (Å²) in [5, 5.41) is 7.13. The summed E-state index contributed by atoms with van der Waals surface area (Å²) >= 11 is 0. The van der Waals surface area contributed by atoms with Gasteiger partial charge in [0.15, 0.2) is 5.82 Å². The van der Waals surface area contributed by atoms with Gasteiger partial charge in [0.25, 0.3) is 0 Å². The second kappa shape index (κ2) is 9.62. The third-order valence-corrected chi connectivity index (χ3v) is 9.29. The summed E-state index contributed by atoms with van der Waals surface area (Å²) in [6, 6.07) is 55.9. The first kappa shape index (κ1) is 25.1. The summed E-state index contributed by atoms with van der Waals surface area (Å²) in [6.45, 7) is 0. The van der Waals surface area contributed by atoms with E-state index in [0.717, 1.165) is 50.2 Å². The van der Waals surface area contributed by atoms with Gasteiger partial charge in [-0.3, -0.25) is 4.57 Å². The molecule has 10 aromatic rings. The van der Waals surface area contributed by atoms with Crippen LogP contribution in [-0.4, -0.2) is 19.1 Å². The molecule has 3 heterocycles. The first-order valence-corrected chi connectivity index (χ1v) is 15.6. The lowest BCUT2D eigenvalue weighted by Gasteiger charge is -2.15. The molecule has 7 aromatic carbocycles. The molecule has 46 heavy (non-hydrogen) atoms. The Kier molecular flexibility index (Phi) is 5.25. The molecule has 0 unspecified atom stereocenters. The first-order valence-electron chi connectivity index (χ1n) is 15.6. The fourth-order valence-electron chi connectivity index (χ4n) is 7.27. The van der Waals surface area contributed by atoms with Crippen LogP contribution in [0.3, 0.4) is 0 Å². The fourth-order valence-corrected chi connectivity index (χ4v) is 7.27. The van der Waals surface area contributed by atoms with Crippen molar-refractivity contribution in [1.29, 1.82) is 0 Å².